The number of nitrogens with zero attached hydrogens (tertiary/aromatic N) is 4. The number of nitrogens with one attached hydrogen (secondary N) is 1. The number of benzene rings is 1. The van der Waals surface area contributed by atoms with Crippen LogP contribution in [0.5, 0.6) is 0 Å². The molecule has 1 aliphatic heterocycles. The minimum atomic E-state index is 0. The van der Waals surface area contributed by atoms with E-state index in [1.165, 1.54) is 5.57 Å². The molecule has 0 radical (unpaired) electrons. The van der Waals surface area contributed by atoms with Crippen molar-refractivity contribution in [1.82, 2.24) is 19.9 Å². The second-order valence-corrected chi connectivity index (χ2v) is 8.21. The number of carbonyl (C=O) groups is 1. The van der Waals surface area contributed by atoms with Gasteiger partial charge >= 0.3 is 0 Å². The zero-order valence-corrected chi connectivity index (χ0v) is 17.1. The Bertz CT molecular complexity index is 1140. The van der Waals surface area contributed by atoms with E-state index in [1.54, 1.807) is 6.33 Å². The van der Waals surface area contributed by atoms with Gasteiger partial charge in [0, 0.05) is 25.9 Å². The van der Waals surface area contributed by atoms with Gasteiger partial charge in [0.2, 0.25) is 5.91 Å². The third-order valence-electron chi connectivity index (χ3n) is 6.15. The topological polar surface area (TPSA) is 71.0 Å². The number of fused-ring (bicyclic) bond motifs is 2. The first kappa shape index (κ1) is 18.9. The van der Waals surface area contributed by atoms with Crippen LogP contribution in [0, 0.1) is 5.92 Å². The lowest BCUT2D eigenvalue weighted by atomic mass is 9.89. The van der Waals surface area contributed by atoms with Crippen molar-refractivity contribution in [3.8, 4) is 0 Å². The molecule has 2 aromatic heterocycles. The molecule has 0 saturated carbocycles. The van der Waals surface area contributed by atoms with Crippen molar-refractivity contribution in [3.05, 3.63) is 65.8 Å². The second-order valence-electron chi connectivity index (χ2n) is 8.21. The van der Waals surface area contributed by atoms with E-state index in [4.69, 9.17) is 4.98 Å². The van der Waals surface area contributed by atoms with Crippen LogP contribution in [0.3, 0.4) is 0 Å². The Kier molecular flexibility index (Phi) is 5.01. The maximum absolute atomic E-state index is 12.7. The van der Waals surface area contributed by atoms with Crippen LogP contribution in [0.1, 0.15) is 38.9 Å². The van der Waals surface area contributed by atoms with Crippen LogP contribution in [0.2, 0.25) is 0 Å². The fourth-order valence-electron chi connectivity index (χ4n) is 4.39. The number of hydrogen-bond acceptors (Lipinski definition) is 5. The van der Waals surface area contributed by atoms with E-state index in [0.717, 1.165) is 66.5 Å². The number of hydrogen-bond donors (Lipinski definition) is 1. The molecule has 5 rings (SSSR count). The summed E-state index contributed by atoms with van der Waals surface area (Å²) in [6.07, 6.45) is 9.32. The molecule has 1 aromatic carbocycles. The maximum Gasteiger partial charge on any atom is 0.228 e. The van der Waals surface area contributed by atoms with Crippen molar-refractivity contribution in [2.75, 3.05) is 25.5 Å². The summed E-state index contributed by atoms with van der Waals surface area (Å²) in [5, 5.41) is 4.08. The Balaban J connectivity index is 0.00000144. The van der Waals surface area contributed by atoms with Crippen LogP contribution in [0.25, 0.3) is 16.5 Å². The van der Waals surface area contributed by atoms with Gasteiger partial charge in [0.05, 0.1) is 11.2 Å². The first-order valence-corrected chi connectivity index (χ1v) is 10.6. The van der Waals surface area contributed by atoms with E-state index < -0.39 is 0 Å². The summed E-state index contributed by atoms with van der Waals surface area (Å²) in [4.78, 5) is 28.2. The Morgan fingerprint density at radius 3 is 2.93 bits per heavy atom. The molecule has 0 bridgehead atoms. The predicted octanol–water partition coefficient (Wildman–Crippen LogP) is 4.18. The van der Waals surface area contributed by atoms with Gasteiger partial charge in [-0.05, 0) is 81.2 Å². The number of carbonyl (C=O) groups excluding carboxylic acids is 1. The highest BCUT2D eigenvalue weighted by molar-refractivity contribution is 5.92. The molecular formula is C24H29N5O. The molecule has 1 saturated heterocycles. The van der Waals surface area contributed by atoms with E-state index >= 15 is 0 Å². The molecule has 156 valence electrons. The van der Waals surface area contributed by atoms with E-state index in [-0.39, 0.29) is 14.7 Å². The second kappa shape index (κ2) is 7.95. The largest absolute Gasteiger partial charge is 0.310 e. The summed E-state index contributed by atoms with van der Waals surface area (Å²) >= 11 is 0. The molecular weight excluding hydrogens is 374 g/mol. The summed E-state index contributed by atoms with van der Waals surface area (Å²) in [7, 11) is 2.10. The number of amides is 1. The van der Waals surface area contributed by atoms with Crippen molar-refractivity contribution in [2.45, 2.75) is 25.7 Å². The van der Waals surface area contributed by atoms with Crippen molar-refractivity contribution in [1.29, 1.82) is 0 Å². The smallest absolute Gasteiger partial charge is 0.228 e. The molecule has 3 aromatic rings. The number of pyridine rings is 1. The number of rotatable bonds is 3. The molecule has 6 nitrogen and oxygen atoms in total. The van der Waals surface area contributed by atoms with Gasteiger partial charge in [0.1, 0.15) is 12.1 Å². The van der Waals surface area contributed by atoms with Gasteiger partial charge in [-0.15, -0.1) is 0 Å². The fourth-order valence-corrected chi connectivity index (χ4v) is 4.39. The molecule has 1 N–H and O–H groups in total. The van der Waals surface area contributed by atoms with Gasteiger partial charge in [-0.2, -0.15) is 0 Å². The molecule has 1 amide bonds. The van der Waals surface area contributed by atoms with Crippen LogP contribution in [0.4, 0.5) is 5.82 Å². The lowest BCUT2D eigenvalue weighted by Crippen LogP contribution is -2.36. The van der Waals surface area contributed by atoms with Crippen molar-refractivity contribution < 1.29 is 7.65 Å². The monoisotopic (exact) mass is 403 g/mol. The first-order chi connectivity index (χ1) is 14.7. The Labute approximate surface area is 179 Å². The number of aromatic nitrogens is 3. The van der Waals surface area contributed by atoms with Gasteiger partial charge in [-0.3, -0.25) is 4.79 Å². The summed E-state index contributed by atoms with van der Waals surface area (Å²) in [5.41, 5.74) is 5.44. The highest BCUT2D eigenvalue weighted by atomic mass is 16.1. The highest BCUT2D eigenvalue weighted by Crippen LogP contribution is 2.33. The van der Waals surface area contributed by atoms with Crippen molar-refractivity contribution >= 4 is 28.2 Å². The fraction of sp³-hybridized carbons (Fsp3) is 0.333. The van der Waals surface area contributed by atoms with Gasteiger partial charge in [-0.25, -0.2) is 15.0 Å². The quantitative estimate of drug-likeness (QED) is 0.710. The van der Waals surface area contributed by atoms with Crippen LogP contribution in [0.15, 0.2) is 48.9 Å². The van der Waals surface area contributed by atoms with E-state index in [2.05, 4.69) is 51.5 Å². The van der Waals surface area contributed by atoms with Crippen LogP contribution in [-0.2, 0) is 11.2 Å². The van der Waals surface area contributed by atoms with Crippen LogP contribution >= 0.6 is 0 Å². The summed E-state index contributed by atoms with van der Waals surface area (Å²) < 4.78 is 0. The zero-order valence-electron chi connectivity index (χ0n) is 17.1. The number of piperidine rings is 1. The lowest BCUT2D eigenvalue weighted by molar-refractivity contribution is -0.121. The molecule has 0 unspecified atom stereocenters. The SMILES string of the molecule is CN1CCC(C(=O)Nc2ccc3c(n2)CCC=C3c2ccc3ncncc3c2)CC1.[HH].[HH]. The summed E-state index contributed by atoms with van der Waals surface area (Å²) in [6.45, 7) is 1.95. The minimum Gasteiger partial charge on any atom is -0.310 e. The van der Waals surface area contributed by atoms with E-state index in [9.17, 15) is 4.79 Å². The van der Waals surface area contributed by atoms with Crippen LogP contribution in [-0.4, -0.2) is 45.9 Å². The molecule has 30 heavy (non-hydrogen) atoms. The highest BCUT2D eigenvalue weighted by Gasteiger charge is 2.24. The molecule has 2 aliphatic rings. The van der Waals surface area contributed by atoms with E-state index in [1.807, 2.05) is 18.3 Å². The van der Waals surface area contributed by atoms with Crippen molar-refractivity contribution in [3.63, 3.8) is 0 Å². The standard InChI is InChI=1S/C24H25N5O.2H2/c1-29-11-9-16(10-12-29)24(30)28-23-8-6-20-19(3-2-4-22(20)27-23)17-5-7-21-18(13-17)14-25-15-26-21;;/h3,5-8,13-16H,2,4,9-12H2,1H3,(H,27,28,30);2*1H. The number of allylic oxidation sites excluding steroid dienone is 1. The first-order valence-electron chi connectivity index (χ1n) is 10.6. The molecule has 3 heterocycles. The molecule has 0 atom stereocenters. The summed E-state index contributed by atoms with van der Waals surface area (Å²) in [6, 6.07) is 10.3. The normalized spacial score (nSPS) is 17.4. The van der Waals surface area contributed by atoms with E-state index in [0.29, 0.717) is 5.82 Å². The van der Waals surface area contributed by atoms with Gasteiger partial charge < -0.3 is 10.2 Å². The van der Waals surface area contributed by atoms with Crippen LogP contribution < -0.4 is 5.32 Å². The predicted molar refractivity (Wildman–Crippen MR) is 122 cm³/mol. The lowest BCUT2D eigenvalue weighted by Gasteiger charge is -2.28. The molecule has 6 heteroatoms. The molecule has 1 aliphatic carbocycles. The molecule has 0 spiro atoms. The van der Waals surface area contributed by atoms with Gasteiger partial charge in [0.25, 0.3) is 0 Å². The maximum atomic E-state index is 12.7. The van der Waals surface area contributed by atoms with Gasteiger partial charge in [0.15, 0.2) is 0 Å². The zero-order chi connectivity index (χ0) is 20.5. The average molecular weight is 404 g/mol. The number of likely N-dealkylation sites (tertiary alicyclic amines) is 1. The Hall–Kier alpha value is -3.12. The van der Waals surface area contributed by atoms with Crippen molar-refractivity contribution in [2.24, 2.45) is 5.92 Å². The Morgan fingerprint density at radius 1 is 1.20 bits per heavy atom. The average Bonchev–Trinajstić information content (AvgIpc) is 2.78. The third kappa shape index (κ3) is 3.71. The minimum absolute atomic E-state index is 0. The Morgan fingerprint density at radius 2 is 2.07 bits per heavy atom. The third-order valence-corrected chi connectivity index (χ3v) is 6.15. The summed E-state index contributed by atoms with van der Waals surface area (Å²) in [5.74, 6) is 0.830. The molecule has 1 fully saturated rings. The number of anilines is 1. The van der Waals surface area contributed by atoms with Gasteiger partial charge in [-0.1, -0.05) is 12.1 Å². The number of aryl methyl sites for hydroxylation is 1.